The van der Waals surface area contributed by atoms with Crippen molar-refractivity contribution in [2.75, 3.05) is 46.0 Å². The van der Waals surface area contributed by atoms with Crippen molar-refractivity contribution in [1.82, 2.24) is 9.21 Å². The molecule has 1 fully saturated rings. The predicted octanol–water partition coefficient (Wildman–Crippen LogP) is 2.59. The number of piperazine rings is 1. The van der Waals surface area contributed by atoms with Crippen molar-refractivity contribution < 1.29 is 27.4 Å². The van der Waals surface area contributed by atoms with Gasteiger partial charge < -0.3 is 19.1 Å². The number of halogens is 1. The Bertz CT molecular complexity index is 1160. The fourth-order valence-corrected chi connectivity index (χ4v) is 6.01. The number of carbonyl (C=O) groups excluding carboxylic acids is 1. The maximum absolute atomic E-state index is 13.2. The topological polar surface area (TPSA) is 85.4 Å². The molecule has 0 bridgehead atoms. The van der Waals surface area contributed by atoms with E-state index < -0.39 is 10.0 Å². The molecule has 5 rings (SSSR count). The van der Waals surface area contributed by atoms with Crippen LogP contribution < -0.4 is 14.2 Å². The fraction of sp³-hybridized carbons (Fsp3) is 0.435. The summed E-state index contributed by atoms with van der Waals surface area (Å²) in [5.74, 6) is 1.43. The Kier molecular flexibility index (Phi) is 6.11. The second-order valence-electron chi connectivity index (χ2n) is 8.35. The van der Waals surface area contributed by atoms with Crippen LogP contribution in [0.1, 0.15) is 12.0 Å². The average Bonchev–Trinajstić information content (AvgIpc) is 3.08. The van der Waals surface area contributed by atoms with E-state index >= 15 is 0 Å². The van der Waals surface area contributed by atoms with Gasteiger partial charge in [-0.2, -0.15) is 4.31 Å². The predicted molar refractivity (Wildman–Crippen MR) is 122 cm³/mol. The van der Waals surface area contributed by atoms with Gasteiger partial charge in [0.05, 0.1) is 24.0 Å². The van der Waals surface area contributed by atoms with Crippen LogP contribution in [0.2, 0.25) is 5.02 Å². The van der Waals surface area contributed by atoms with Crippen LogP contribution in [0.15, 0.2) is 41.3 Å². The summed E-state index contributed by atoms with van der Waals surface area (Å²) < 4.78 is 44.8. The zero-order valence-corrected chi connectivity index (χ0v) is 19.6. The minimum absolute atomic E-state index is 0.0201. The van der Waals surface area contributed by atoms with Crippen molar-refractivity contribution in [3.8, 4) is 17.2 Å². The maximum atomic E-state index is 13.2. The molecule has 0 spiro atoms. The molecule has 3 aliphatic rings. The van der Waals surface area contributed by atoms with Crippen molar-refractivity contribution >= 4 is 27.5 Å². The molecule has 0 aromatic heterocycles. The number of hydrogen-bond acceptors (Lipinski definition) is 6. The molecular formula is C23H25ClN2O6S. The Hall–Kier alpha value is -2.49. The highest BCUT2D eigenvalue weighted by molar-refractivity contribution is 7.89. The molecule has 3 heterocycles. The molecule has 0 radical (unpaired) electrons. The van der Waals surface area contributed by atoms with E-state index in [0.717, 1.165) is 17.7 Å². The summed E-state index contributed by atoms with van der Waals surface area (Å²) >= 11 is 6.08. The van der Waals surface area contributed by atoms with Crippen molar-refractivity contribution in [1.29, 1.82) is 0 Å². The Labute approximate surface area is 198 Å². The summed E-state index contributed by atoms with van der Waals surface area (Å²) in [6.07, 6.45) is 1.31. The van der Waals surface area contributed by atoms with E-state index in [2.05, 4.69) is 0 Å². The highest BCUT2D eigenvalue weighted by Gasteiger charge is 2.35. The van der Waals surface area contributed by atoms with Gasteiger partial charge in [-0.15, -0.1) is 0 Å². The van der Waals surface area contributed by atoms with E-state index in [0.29, 0.717) is 55.9 Å². The lowest BCUT2D eigenvalue weighted by molar-refractivity contribution is -0.138. The van der Waals surface area contributed by atoms with Gasteiger partial charge >= 0.3 is 0 Å². The molecule has 176 valence electrons. The van der Waals surface area contributed by atoms with E-state index in [4.69, 9.17) is 25.8 Å². The van der Waals surface area contributed by atoms with E-state index in [-0.39, 0.29) is 29.8 Å². The van der Waals surface area contributed by atoms with Crippen molar-refractivity contribution in [2.45, 2.75) is 17.7 Å². The molecule has 3 aliphatic heterocycles. The summed E-state index contributed by atoms with van der Waals surface area (Å²) in [7, 11) is -3.71. The number of benzene rings is 2. The van der Waals surface area contributed by atoms with Gasteiger partial charge in [-0.05, 0) is 42.3 Å². The molecule has 10 heteroatoms. The third kappa shape index (κ3) is 4.49. The van der Waals surface area contributed by atoms with Crippen LogP contribution in [-0.2, 0) is 21.2 Å². The lowest BCUT2D eigenvalue weighted by atomic mass is 9.95. The number of ether oxygens (including phenoxy) is 3. The normalized spacial score (nSPS) is 21.0. The smallest absolute Gasteiger partial charge is 0.243 e. The lowest BCUT2D eigenvalue weighted by Crippen LogP contribution is -2.52. The van der Waals surface area contributed by atoms with Crippen molar-refractivity contribution in [3.05, 3.63) is 47.0 Å². The Morgan fingerprint density at radius 2 is 1.64 bits per heavy atom. The summed E-state index contributed by atoms with van der Waals surface area (Å²) in [5, 5.41) is 0.610. The lowest BCUT2D eigenvalue weighted by Gasteiger charge is -2.36. The summed E-state index contributed by atoms with van der Waals surface area (Å²) in [6.45, 7) is 2.47. The quantitative estimate of drug-likeness (QED) is 0.654. The molecule has 1 saturated heterocycles. The Balaban J connectivity index is 1.23. The number of carbonyl (C=O) groups is 1. The van der Waals surface area contributed by atoms with Crippen molar-refractivity contribution in [3.63, 3.8) is 0 Å². The molecule has 2 aromatic carbocycles. The zero-order chi connectivity index (χ0) is 23.0. The first kappa shape index (κ1) is 22.3. The van der Waals surface area contributed by atoms with Crippen LogP contribution in [0.3, 0.4) is 0 Å². The highest BCUT2D eigenvalue weighted by atomic mass is 35.5. The molecule has 33 heavy (non-hydrogen) atoms. The standard InChI is InChI=1S/C23H25ClN2O6S/c24-18-2-4-20-16(13-18)12-17(15-32-20)23(27)25-6-8-26(9-7-25)33(28,29)19-3-5-21-22(14-19)31-11-1-10-30-21/h2-5,13-14,17H,1,6-12,15H2/t17-/m1/s1. The van der Waals surface area contributed by atoms with Crippen LogP contribution in [-0.4, -0.2) is 69.5 Å². The number of hydrogen-bond donors (Lipinski definition) is 0. The molecule has 1 amide bonds. The molecule has 0 aliphatic carbocycles. The summed E-state index contributed by atoms with van der Waals surface area (Å²) in [5.41, 5.74) is 0.919. The number of amides is 1. The number of fused-ring (bicyclic) bond motifs is 2. The van der Waals surface area contributed by atoms with Gasteiger partial charge in [0.15, 0.2) is 11.5 Å². The van der Waals surface area contributed by atoms with Gasteiger partial charge in [-0.1, -0.05) is 11.6 Å². The number of nitrogens with zero attached hydrogens (tertiary/aromatic N) is 2. The molecule has 0 saturated carbocycles. The van der Waals surface area contributed by atoms with Gasteiger partial charge in [0.2, 0.25) is 15.9 Å². The fourth-order valence-electron chi connectivity index (χ4n) is 4.38. The zero-order valence-electron chi connectivity index (χ0n) is 18.0. The van der Waals surface area contributed by atoms with Gasteiger partial charge in [0.1, 0.15) is 12.4 Å². The van der Waals surface area contributed by atoms with E-state index in [1.54, 1.807) is 23.1 Å². The van der Waals surface area contributed by atoms with Crippen LogP contribution >= 0.6 is 11.6 Å². The number of sulfonamides is 1. The average molecular weight is 493 g/mol. The van der Waals surface area contributed by atoms with Gasteiger partial charge in [0, 0.05) is 43.7 Å². The van der Waals surface area contributed by atoms with Gasteiger partial charge in [0.25, 0.3) is 0 Å². The summed E-state index contributed by atoms with van der Waals surface area (Å²) in [4.78, 5) is 15.0. The monoisotopic (exact) mass is 492 g/mol. The highest BCUT2D eigenvalue weighted by Crippen LogP contribution is 2.34. The van der Waals surface area contributed by atoms with Crippen molar-refractivity contribution in [2.24, 2.45) is 5.92 Å². The third-order valence-corrected chi connectivity index (χ3v) is 8.31. The SMILES string of the molecule is O=C([C@H]1COc2ccc(Cl)cc2C1)N1CCN(S(=O)(=O)c2ccc3c(c2)OCCCO3)CC1. The van der Waals surface area contributed by atoms with Crippen LogP contribution in [0.25, 0.3) is 0 Å². The molecule has 8 nitrogen and oxygen atoms in total. The van der Waals surface area contributed by atoms with Crippen LogP contribution in [0.5, 0.6) is 17.2 Å². The minimum atomic E-state index is -3.71. The molecule has 1 atom stereocenters. The first-order chi connectivity index (χ1) is 15.9. The largest absolute Gasteiger partial charge is 0.492 e. The Morgan fingerprint density at radius 1 is 0.909 bits per heavy atom. The van der Waals surface area contributed by atoms with E-state index in [1.165, 1.54) is 10.4 Å². The third-order valence-electron chi connectivity index (χ3n) is 6.19. The van der Waals surface area contributed by atoms with E-state index in [9.17, 15) is 13.2 Å². The molecule has 2 aromatic rings. The Morgan fingerprint density at radius 3 is 2.42 bits per heavy atom. The first-order valence-electron chi connectivity index (χ1n) is 11.0. The van der Waals surface area contributed by atoms with Crippen LogP contribution in [0.4, 0.5) is 0 Å². The summed E-state index contributed by atoms with van der Waals surface area (Å²) in [6, 6.07) is 10.1. The van der Waals surface area contributed by atoms with Crippen LogP contribution in [0, 0.1) is 5.92 Å². The second kappa shape index (κ2) is 9.04. The first-order valence-corrected chi connectivity index (χ1v) is 12.8. The van der Waals surface area contributed by atoms with E-state index in [1.807, 2.05) is 12.1 Å². The second-order valence-corrected chi connectivity index (χ2v) is 10.7. The molecule has 0 unspecified atom stereocenters. The molecule has 0 N–H and O–H groups in total. The molecular weight excluding hydrogens is 468 g/mol. The number of rotatable bonds is 3. The maximum Gasteiger partial charge on any atom is 0.243 e. The van der Waals surface area contributed by atoms with Gasteiger partial charge in [-0.3, -0.25) is 4.79 Å². The minimum Gasteiger partial charge on any atom is -0.492 e. The van der Waals surface area contributed by atoms with Gasteiger partial charge in [-0.25, -0.2) is 8.42 Å².